The van der Waals surface area contributed by atoms with Gasteiger partial charge in [-0.05, 0) is 67.0 Å². The van der Waals surface area contributed by atoms with Crippen LogP contribution in [0.3, 0.4) is 0 Å². The van der Waals surface area contributed by atoms with Crippen LogP contribution in [-0.2, 0) is 0 Å². The van der Waals surface area contributed by atoms with Gasteiger partial charge in [0.05, 0.1) is 9.90 Å². The van der Waals surface area contributed by atoms with Crippen LogP contribution in [0.25, 0.3) is 0 Å². The Morgan fingerprint density at radius 2 is 1.67 bits per heavy atom. The monoisotopic (exact) mass is 280 g/mol. The van der Waals surface area contributed by atoms with Crippen LogP contribution in [0.4, 0.5) is 0 Å². The molecule has 96 valence electrons. The molecule has 0 saturated carbocycles. The van der Waals surface area contributed by atoms with E-state index in [1.54, 1.807) is 0 Å². The summed E-state index contributed by atoms with van der Waals surface area (Å²) < 4.78 is 0. The quantitative estimate of drug-likeness (QED) is 0.844. The number of benzene rings is 1. The summed E-state index contributed by atoms with van der Waals surface area (Å²) in [5.41, 5.74) is 5.71. The van der Waals surface area contributed by atoms with Crippen molar-refractivity contribution in [2.45, 2.75) is 33.8 Å². The summed E-state index contributed by atoms with van der Waals surface area (Å²) in [6, 6.07) is 4.00. The minimum absolute atomic E-state index is 0.629. The SMILES string of the molecule is Cc1cc(C)c(C)c(C(O)c2sccc2Cl)c1C. The molecule has 0 fully saturated rings. The van der Waals surface area contributed by atoms with Crippen molar-refractivity contribution >= 4 is 22.9 Å². The Hall–Kier alpha value is -0.830. The number of aliphatic hydroxyl groups excluding tert-OH is 1. The Balaban J connectivity index is 2.61. The largest absolute Gasteiger partial charge is 0.383 e. The third kappa shape index (κ3) is 2.20. The topological polar surface area (TPSA) is 20.2 Å². The molecule has 1 aromatic heterocycles. The summed E-state index contributed by atoms with van der Waals surface area (Å²) in [6.07, 6.45) is -0.629. The second kappa shape index (κ2) is 5.04. The van der Waals surface area contributed by atoms with E-state index in [0.717, 1.165) is 21.6 Å². The number of halogens is 1. The van der Waals surface area contributed by atoms with Crippen molar-refractivity contribution in [2.24, 2.45) is 0 Å². The normalized spacial score (nSPS) is 12.8. The maximum Gasteiger partial charge on any atom is 0.115 e. The molecule has 1 atom stereocenters. The van der Waals surface area contributed by atoms with Gasteiger partial charge in [0.15, 0.2) is 0 Å². The number of rotatable bonds is 2. The molecule has 0 aliphatic carbocycles. The Bertz CT molecular complexity index is 560. The molecule has 0 bridgehead atoms. The second-order valence-corrected chi connectivity index (χ2v) is 6.06. The lowest BCUT2D eigenvalue weighted by atomic mass is 9.90. The van der Waals surface area contributed by atoms with Gasteiger partial charge in [-0.25, -0.2) is 0 Å². The average Bonchev–Trinajstić information content (AvgIpc) is 2.73. The van der Waals surface area contributed by atoms with E-state index in [2.05, 4.69) is 33.8 Å². The molecule has 3 heteroatoms. The van der Waals surface area contributed by atoms with E-state index in [1.807, 2.05) is 11.4 Å². The fourth-order valence-corrected chi connectivity index (χ4v) is 3.44. The number of hydrogen-bond acceptors (Lipinski definition) is 2. The number of aliphatic hydroxyl groups is 1. The number of aryl methyl sites for hydroxylation is 2. The molecule has 2 rings (SSSR count). The van der Waals surface area contributed by atoms with E-state index >= 15 is 0 Å². The molecule has 1 heterocycles. The summed E-state index contributed by atoms with van der Waals surface area (Å²) in [7, 11) is 0. The van der Waals surface area contributed by atoms with Gasteiger partial charge < -0.3 is 5.11 Å². The fourth-order valence-electron chi connectivity index (χ4n) is 2.29. The Labute approximate surface area is 117 Å². The Morgan fingerprint density at radius 1 is 1.11 bits per heavy atom. The summed E-state index contributed by atoms with van der Waals surface area (Å²) in [4.78, 5) is 0.827. The molecular weight excluding hydrogens is 264 g/mol. The maximum atomic E-state index is 10.6. The van der Waals surface area contributed by atoms with Gasteiger partial charge in [-0.15, -0.1) is 11.3 Å². The van der Waals surface area contributed by atoms with Gasteiger partial charge in [0.2, 0.25) is 0 Å². The predicted octanol–water partition coefficient (Wildman–Crippen LogP) is 4.72. The minimum atomic E-state index is -0.629. The zero-order valence-corrected chi connectivity index (χ0v) is 12.6. The van der Waals surface area contributed by atoms with E-state index in [0.29, 0.717) is 5.02 Å². The summed E-state index contributed by atoms with van der Waals surface area (Å²) in [5, 5.41) is 13.2. The molecule has 18 heavy (non-hydrogen) atoms. The zero-order valence-electron chi connectivity index (χ0n) is 11.0. The van der Waals surface area contributed by atoms with Crippen LogP contribution < -0.4 is 0 Å². The third-order valence-electron chi connectivity index (χ3n) is 3.59. The van der Waals surface area contributed by atoms with Gasteiger partial charge >= 0.3 is 0 Å². The molecular formula is C15H17ClOS. The molecule has 0 aliphatic rings. The van der Waals surface area contributed by atoms with E-state index in [-0.39, 0.29) is 0 Å². The highest BCUT2D eigenvalue weighted by atomic mass is 35.5. The summed E-state index contributed by atoms with van der Waals surface area (Å²) in [5.74, 6) is 0. The molecule has 0 saturated heterocycles. The van der Waals surface area contributed by atoms with Gasteiger partial charge in [-0.3, -0.25) is 0 Å². The van der Waals surface area contributed by atoms with Crippen LogP contribution in [0.15, 0.2) is 17.5 Å². The first kappa shape index (κ1) is 13.6. The molecule has 2 aromatic rings. The first-order chi connectivity index (χ1) is 8.43. The maximum absolute atomic E-state index is 10.6. The molecule has 0 radical (unpaired) electrons. The fraction of sp³-hybridized carbons (Fsp3) is 0.333. The van der Waals surface area contributed by atoms with Crippen molar-refractivity contribution in [1.29, 1.82) is 0 Å². The van der Waals surface area contributed by atoms with Crippen LogP contribution in [0.1, 0.15) is 38.8 Å². The van der Waals surface area contributed by atoms with Crippen LogP contribution in [0, 0.1) is 27.7 Å². The van der Waals surface area contributed by atoms with E-state index in [9.17, 15) is 5.11 Å². The van der Waals surface area contributed by atoms with Crippen LogP contribution in [0.2, 0.25) is 5.02 Å². The number of hydrogen-bond donors (Lipinski definition) is 1. The summed E-state index contributed by atoms with van der Waals surface area (Å²) in [6.45, 7) is 8.27. The number of thiophene rings is 1. The first-order valence-corrected chi connectivity index (χ1v) is 7.17. The molecule has 0 aliphatic heterocycles. The smallest absolute Gasteiger partial charge is 0.115 e. The van der Waals surface area contributed by atoms with Gasteiger partial charge in [-0.2, -0.15) is 0 Å². The molecule has 0 amide bonds. The molecule has 0 spiro atoms. The molecule has 1 unspecified atom stereocenters. The van der Waals surface area contributed by atoms with Crippen molar-refractivity contribution in [2.75, 3.05) is 0 Å². The lowest BCUT2D eigenvalue weighted by Gasteiger charge is -2.19. The predicted molar refractivity (Wildman–Crippen MR) is 78.8 cm³/mol. The Kier molecular flexibility index (Phi) is 3.81. The van der Waals surface area contributed by atoms with Crippen molar-refractivity contribution in [3.8, 4) is 0 Å². The van der Waals surface area contributed by atoms with E-state index in [4.69, 9.17) is 11.6 Å². The van der Waals surface area contributed by atoms with Crippen molar-refractivity contribution < 1.29 is 5.11 Å². The molecule has 1 aromatic carbocycles. The molecule has 1 N–H and O–H groups in total. The van der Waals surface area contributed by atoms with Gasteiger partial charge in [-0.1, -0.05) is 17.7 Å². The second-order valence-electron chi connectivity index (χ2n) is 4.71. The lowest BCUT2D eigenvalue weighted by Crippen LogP contribution is -2.06. The van der Waals surface area contributed by atoms with Crippen LogP contribution in [0.5, 0.6) is 0 Å². The van der Waals surface area contributed by atoms with Gasteiger partial charge in [0.1, 0.15) is 6.10 Å². The third-order valence-corrected chi connectivity index (χ3v) is 5.00. The van der Waals surface area contributed by atoms with E-state index < -0.39 is 6.10 Å². The van der Waals surface area contributed by atoms with Crippen molar-refractivity contribution in [1.82, 2.24) is 0 Å². The average molecular weight is 281 g/mol. The summed E-state index contributed by atoms with van der Waals surface area (Å²) >= 11 is 7.62. The highest BCUT2D eigenvalue weighted by Gasteiger charge is 2.21. The van der Waals surface area contributed by atoms with E-state index in [1.165, 1.54) is 22.5 Å². The minimum Gasteiger partial charge on any atom is -0.383 e. The van der Waals surface area contributed by atoms with Gasteiger partial charge in [0, 0.05) is 0 Å². The Morgan fingerprint density at radius 3 is 2.11 bits per heavy atom. The van der Waals surface area contributed by atoms with Crippen molar-refractivity contribution in [3.63, 3.8) is 0 Å². The highest BCUT2D eigenvalue weighted by molar-refractivity contribution is 7.10. The highest BCUT2D eigenvalue weighted by Crippen LogP contribution is 2.37. The van der Waals surface area contributed by atoms with Crippen LogP contribution >= 0.6 is 22.9 Å². The zero-order chi connectivity index (χ0) is 13.4. The molecule has 1 nitrogen and oxygen atoms in total. The first-order valence-electron chi connectivity index (χ1n) is 5.91. The van der Waals surface area contributed by atoms with Gasteiger partial charge in [0.25, 0.3) is 0 Å². The van der Waals surface area contributed by atoms with Crippen LogP contribution in [-0.4, -0.2) is 5.11 Å². The lowest BCUT2D eigenvalue weighted by molar-refractivity contribution is 0.222. The standard InChI is InChI=1S/C15H17ClOS/c1-8-7-9(2)11(4)13(10(8)3)14(17)15-12(16)5-6-18-15/h5-7,14,17H,1-4H3. The van der Waals surface area contributed by atoms with Crippen molar-refractivity contribution in [3.05, 3.63) is 55.2 Å².